The summed E-state index contributed by atoms with van der Waals surface area (Å²) in [5, 5.41) is 108. The van der Waals surface area contributed by atoms with E-state index >= 15 is 0 Å². The van der Waals surface area contributed by atoms with Crippen molar-refractivity contribution in [2.45, 2.75) is 132 Å². The fourth-order valence-corrected chi connectivity index (χ4v) is 9.77. The van der Waals surface area contributed by atoms with Gasteiger partial charge in [-0.25, -0.2) is 0 Å². The average molecular weight is 1590 g/mol. The Bertz CT molecular complexity index is 2270. The molecule has 0 aromatic heterocycles. The van der Waals surface area contributed by atoms with E-state index in [1.54, 1.807) is 0 Å². The number of ether oxygens (including phenoxy) is 19. The van der Waals surface area contributed by atoms with Crippen LogP contribution < -0.4 is 43.0 Å². The first kappa shape index (κ1) is 100. The summed E-state index contributed by atoms with van der Waals surface area (Å²) >= 11 is 0. The van der Waals surface area contributed by atoms with Crippen LogP contribution in [0.4, 0.5) is 0 Å². The summed E-state index contributed by atoms with van der Waals surface area (Å²) in [5.41, 5.74) is 3.95. The third kappa shape index (κ3) is 48.7. The second-order valence-electron chi connectivity index (χ2n) is 24.4. The maximum Gasteiger partial charge on any atom is 0.222 e. The van der Waals surface area contributed by atoms with Crippen LogP contribution in [-0.4, -0.2) is 423 Å². The van der Waals surface area contributed by atoms with Gasteiger partial charge in [0.25, 0.3) is 0 Å². The quantitative estimate of drug-likeness (QED) is 0.0199. The van der Waals surface area contributed by atoms with Gasteiger partial charge in [0.2, 0.25) is 41.4 Å². The van der Waals surface area contributed by atoms with Gasteiger partial charge in [0.15, 0.2) is 18.9 Å². The normalized spacial score (nSPS) is 21.4. The lowest BCUT2D eigenvalue weighted by atomic mass is 9.97. The van der Waals surface area contributed by atoms with Gasteiger partial charge in [-0.1, -0.05) is 0 Å². The Labute approximate surface area is 634 Å². The first-order chi connectivity index (χ1) is 52.6. The first-order valence-electron chi connectivity index (χ1n) is 36.4. The van der Waals surface area contributed by atoms with Crippen molar-refractivity contribution >= 4 is 41.4 Å². The highest BCUT2D eigenvalue weighted by Crippen LogP contribution is 2.24. The molecule has 2 aliphatic rings. The molecular formula is C66H124N8O35. The van der Waals surface area contributed by atoms with Gasteiger partial charge in [0.1, 0.15) is 66.5 Å². The number of hydrogen-bond donors (Lipinski definition) is 17. The second kappa shape index (κ2) is 64.5. The van der Waals surface area contributed by atoms with Gasteiger partial charge >= 0.3 is 0 Å². The molecule has 0 spiro atoms. The second-order valence-corrected chi connectivity index (χ2v) is 24.4. The van der Waals surface area contributed by atoms with Crippen LogP contribution in [0.25, 0.3) is 0 Å². The Morgan fingerprint density at radius 3 is 1.09 bits per heavy atom. The number of aliphatic hydroxyl groups is 9. The lowest BCUT2D eigenvalue weighted by Gasteiger charge is -2.42. The van der Waals surface area contributed by atoms with E-state index < -0.39 is 147 Å². The molecule has 7 amide bonds. The van der Waals surface area contributed by atoms with Gasteiger partial charge in [0, 0.05) is 72.6 Å². The van der Waals surface area contributed by atoms with E-state index in [2.05, 4.69) is 37.2 Å². The monoisotopic (exact) mass is 1590 g/mol. The zero-order valence-corrected chi connectivity index (χ0v) is 62.9. The summed E-state index contributed by atoms with van der Waals surface area (Å²) in [5.74, 6) is -3.06. The molecule has 0 radical (unpaired) electrons. The number of rotatable bonds is 71. The molecule has 0 bridgehead atoms. The predicted octanol–water partition coefficient (Wildman–Crippen LogP) is -9.94. The van der Waals surface area contributed by atoms with Gasteiger partial charge in [-0.05, 0) is 0 Å². The smallest absolute Gasteiger partial charge is 0.222 e. The maximum atomic E-state index is 13.8. The van der Waals surface area contributed by atoms with Crippen LogP contribution in [0.5, 0.6) is 0 Å². The van der Waals surface area contributed by atoms with E-state index in [1.807, 2.05) is 0 Å². The van der Waals surface area contributed by atoms with Crippen LogP contribution >= 0.6 is 0 Å². The summed E-state index contributed by atoms with van der Waals surface area (Å²) in [6.07, 6.45) is -14.6. The molecule has 43 heteroatoms. The molecule has 0 aliphatic carbocycles. The van der Waals surface area contributed by atoms with E-state index in [4.69, 9.17) is 95.7 Å². The van der Waals surface area contributed by atoms with Gasteiger partial charge in [0.05, 0.1) is 225 Å². The maximum absolute atomic E-state index is 13.8. The van der Waals surface area contributed by atoms with E-state index in [0.717, 1.165) is 0 Å². The minimum absolute atomic E-state index is 0.00000330. The van der Waals surface area contributed by atoms with Crippen molar-refractivity contribution < 1.29 is 170 Å². The average Bonchev–Trinajstić information content (AvgIpc) is 0.818. The van der Waals surface area contributed by atoms with Crippen LogP contribution in [0.15, 0.2) is 0 Å². The Hall–Kier alpha value is -4.87. The summed E-state index contributed by atoms with van der Waals surface area (Å²) < 4.78 is 107. The highest BCUT2D eigenvalue weighted by molar-refractivity contribution is 5.78. The highest BCUT2D eigenvalue weighted by Gasteiger charge is 2.47. The van der Waals surface area contributed by atoms with E-state index in [0.29, 0.717) is 39.6 Å². The summed E-state index contributed by atoms with van der Waals surface area (Å²) in [4.78, 5) is 87.5. The lowest BCUT2D eigenvalue weighted by Crippen LogP contribution is -2.64. The number of carbonyl (C=O) groups is 7. The van der Waals surface area contributed by atoms with Crippen LogP contribution in [-0.2, 0) is 124 Å². The Kier molecular flexibility index (Phi) is 59.3. The van der Waals surface area contributed by atoms with E-state index in [1.165, 1.54) is 20.8 Å². The molecule has 2 fully saturated rings. The van der Waals surface area contributed by atoms with Crippen LogP contribution in [0.2, 0.25) is 0 Å². The summed E-state index contributed by atoms with van der Waals surface area (Å²) in [6, 6.07) is -2.21. The molecule has 18 N–H and O–H groups in total. The number of nitrogens with two attached hydrogens (primary N) is 1. The first-order valence-corrected chi connectivity index (χ1v) is 36.4. The largest absolute Gasteiger partial charge is 0.394 e. The number of aliphatic hydroxyl groups excluding tert-OH is 9. The van der Waals surface area contributed by atoms with Gasteiger partial charge in [-0.15, -0.1) is 0 Å². The molecule has 638 valence electrons. The van der Waals surface area contributed by atoms with E-state index in [9.17, 15) is 79.5 Å². The number of amides is 7. The fraction of sp³-hybridized carbons (Fsp3) is 0.894. The van der Waals surface area contributed by atoms with Crippen molar-refractivity contribution in [2.75, 3.05) is 251 Å². The Balaban J connectivity index is 2.01. The third-order valence-corrected chi connectivity index (χ3v) is 15.3. The molecule has 2 aliphatic heterocycles. The van der Waals surface area contributed by atoms with Crippen molar-refractivity contribution in [2.24, 2.45) is 5.73 Å². The number of nitrogens with one attached hydrogen (secondary N) is 7. The van der Waals surface area contributed by atoms with Crippen LogP contribution in [0.3, 0.4) is 0 Å². The van der Waals surface area contributed by atoms with Gasteiger partial charge in [-0.2, -0.15) is 0 Å². The predicted molar refractivity (Wildman–Crippen MR) is 374 cm³/mol. The van der Waals surface area contributed by atoms with Gasteiger partial charge in [-0.3, -0.25) is 33.6 Å². The number of hydrogen-bond acceptors (Lipinski definition) is 36. The molecule has 2 heterocycles. The summed E-state index contributed by atoms with van der Waals surface area (Å²) in [6.45, 7) is 4.16. The van der Waals surface area contributed by atoms with Crippen molar-refractivity contribution in [3.8, 4) is 0 Å². The van der Waals surface area contributed by atoms with Crippen LogP contribution in [0.1, 0.15) is 46.5 Å². The topological polar surface area (TPSA) is 587 Å². The van der Waals surface area contributed by atoms with Gasteiger partial charge < -0.3 is 179 Å². The zero-order chi connectivity index (χ0) is 80.1. The molecule has 2 rings (SSSR count). The molecule has 13 atom stereocenters. The minimum Gasteiger partial charge on any atom is -0.394 e. The van der Waals surface area contributed by atoms with Crippen LogP contribution in [0, 0.1) is 0 Å². The van der Waals surface area contributed by atoms with Crippen molar-refractivity contribution in [1.29, 1.82) is 0 Å². The SMILES string of the molecule is CC(=O)NCC(OCCOCCOCCNC(=O)CCOCC(COCCC(=O)NCCOCCOCCOC1OC(CO)C(O)C(O)C1NC(C)=O)(COCCC(=O)NCCOCCOCCOC1OC(CO)C(O)C(O)C1NC(C)=O)NC(=O)CCOCCOCCOCCOCCN)OC(CO)C(O)CO. The number of carbonyl (C=O) groups excluding carboxylic acids is 7. The summed E-state index contributed by atoms with van der Waals surface area (Å²) in [7, 11) is 0. The highest BCUT2D eigenvalue weighted by atomic mass is 16.7. The molecule has 0 saturated carbocycles. The fourth-order valence-electron chi connectivity index (χ4n) is 9.77. The molecule has 13 unspecified atom stereocenters. The Morgan fingerprint density at radius 1 is 0.404 bits per heavy atom. The molecule has 2 saturated heterocycles. The van der Waals surface area contributed by atoms with Crippen molar-refractivity contribution in [1.82, 2.24) is 37.2 Å². The zero-order valence-electron chi connectivity index (χ0n) is 62.9. The Morgan fingerprint density at radius 2 is 0.743 bits per heavy atom. The third-order valence-electron chi connectivity index (χ3n) is 15.3. The van der Waals surface area contributed by atoms with E-state index in [-0.39, 0.29) is 216 Å². The molecule has 109 heavy (non-hydrogen) atoms. The molecule has 0 aromatic carbocycles. The minimum atomic E-state index is -1.47. The lowest BCUT2D eigenvalue weighted by molar-refractivity contribution is -0.272. The molecular weight excluding hydrogens is 1460 g/mol. The molecule has 0 aromatic rings. The van der Waals surface area contributed by atoms with Crippen molar-refractivity contribution in [3.63, 3.8) is 0 Å². The van der Waals surface area contributed by atoms with Crippen molar-refractivity contribution in [3.05, 3.63) is 0 Å². The standard InChI is InChI=1S/C66H124N8O35/c1-46(79)71-38-57(107-50(40-76)49(82)39-75)104-35-32-98-27-22-93-17-9-68-53(83)4-13-101-43-66(74-56(86)7-12-91-20-25-96-30-31-97-26-21-92-16-8-67,44-102-14-5-54(84)69-10-18-94-23-28-99-33-36-105-64-58(72-47(2)80)62(89)60(87)51(41-77)108-64)45-103-15-6-55(85)70-11-19-95-24-29-100-34-37-106-65-59(73-48(3)81)63(90)61(88)52(42-78)109-65/h49-52,57-65,75-78,82,87-90H,4-45,67H2,1-3H3,(H,68,83)(H,69,84)(H,70,85)(H,71,79)(H,72,80)(H,73,81)(H,74,86). The molecule has 43 nitrogen and oxygen atoms in total.